The fourth-order valence-electron chi connectivity index (χ4n) is 3.63. The number of carbonyl (C=O) groups excluding carboxylic acids is 2. The fourth-order valence-corrected chi connectivity index (χ4v) is 4.47. The average Bonchev–Trinajstić information content (AvgIpc) is 2.62. The Kier molecular flexibility index (Phi) is 5.59. The molecule has 130 valence electrons. The topological polar surface area (TPSA) is 37.4 Å². The maximum atomic E-state index is 12.9. The molecule has 1 aliphatic heterocycles. The van der Waals surface area contributed by atoms with Gasteiger partial charge >= 0.3 is 0 Å². The first-order valence-electron chi connectivity index (χ1n) is 8.72. The van der Waals surface area contributed by atoms with E-state index in [0.717, 1.165) is 17.0 Å². The smallest absolute Gasteiger partial charge is 0.227 e. The summed E-state index contributed by atoms with van der Waals surface area (Å²) in [6, 6.07) is 19.4. The number of thioether (sulfide) groups is 1. The maximum Gasteiger partial charge on any atom is 0.227 e. The van der Waals surface area contributed by atoms with Crippen LogP contribution in [0, 0.1) is 11.8 Å². The zero-order chi connectivity index (χ0) is 17.8. The van der Waals surface area contributed by atoms with Crippen molar-refractivity contribution in [1.29, 1.82) is 0 Å². The molecule has 3 rings (SSSR count). The zero-order valence-corrected chi connectivity index (χ0v) is 15.4. The Hall–Kier alpha value is -2.07. The summed E-state index contributed by atoms with van der Waals surface area (Å²) in [5, 5.41) is 0.178. The van der Waals surface area contributed by atoms with Crippen molar-refractivity contribution in [2.75, 3.05) is 10.7 Å². The van der Waals surface area contributed by atoms with E-state index in [1.54, 1.807) is 0 Å². The summed E-state index contributed by atoms with van der Waals surface area (Å²) in [6.45, 7) is 4.02. The zero-order valence-electron chi connectivity index (χ0n) is 14.6. The molecule has 3 atom stereocenters. The summed E-state index contributed by atoms with van der Waals surface area (Å²) in [5.74, 6) is 0.663. The van der Waals surface area contributed by atoms with Gasteiger partial charge in [0.25, 0.3) is 0 Å². The van der Waals surface area contributed by atoms with Crippen molar-refractivity contribution < 1.29 is 9.59 Å². The van der Waals surface area contributed by atoms with Crippen LogP contribution in [0.2, 0.25) is 0 Å². The molecule has 0 bridgehead atoms. The van der Waals surface area contributed by atoms with Crippen LogP contribution in [0.1, 0.15) is 31.9 Å². The Morgan fingerprint density at radius 2 is 1.68 bits per heavy atom. The van der Waals surface area contributed by atoms with Gasteiger partial charge in [-0.05, 0) is 29.4 Å². The van der Waals surface area contributed by atoms with Gasteiger partial charge in [-0.3, -0.25) is 9.59 Å². The van der Waals surface area contributed by atoms with Gasteiger partial charge < -0.3 is 4.90 Å². The molecule has 3 nitrogen and oxygen atoms in total. The van der Waals surface area contributed by atoms with Gasteiger partial charge in [0.2, 0.25) is 5.91 Å². The molecule has 0 unspecified atom stereocenters. The standard InChI is InChI=1S/C21H23NO2S/c1-3-25-21(24)19-15(2)14-18(23)22(17-12-8-5-9-13-17)20(19)16-10-6-4-7-11-16/h4-13,15,19-20H,3,14H2,1-2H3/t15-,19+,20-/m1/s1. The van der Waals surface area contributed by atoms with E-state index in [2.05, 4.69) is 0 Å². The lowest BCUT2D eigenvalue weighted by atomic mass is 9.78. The van der Waals surface area contributed by atoms with E-state index >= 15 is 0 Å². The van der Waals surface area contributed by atoms with Gasteiger partial charge in [-0.1, -0.05) is 74.1 Å². The van der Waals surface area contributed by atoms with E-state index in [-0.39, 0.29) is 28.9 Å². The van der Waals surface area contributed by atoms with Crippen LogP contribution in [-0.4, -0.2) is 16.8 Å². The molecule has 4 heteroatoms. The molecule has 0 aliphatic carbocycles. The molecule has 25 heavy (non-hydrogen) atoms. The second kappa shape index (κ2) is 7.87. The van der Waals surface area contributed by atoms with Crippen LogP contribution in [0.3, 0.4) is 0 Å². The van der Waals surface area contributed by atoms with E-state index in [1.165, 1.54) is 11.8 Å². The predicted molar refractivity (Wildman–Crippen MR) is 104 cm³/mol. The number of amides is 1. The third-order valence-corrected chi connectivity index (χ3v) is 5.58. The number of carbonyl (C=O) groups is 2. The lowest BCUT2D eigenvalue weighted by molar-refractivity contribution is -0.126. The molecule has 0 spiro atoms. The highest BCUT2D eigenvalue weighted by Gasteiger charge is 2.45. The van der Waals surface area contributed by atoms with Gasteiger partial charge in [-0.25, -0.2) is 0 Å². The second-order valence-corrected chi connectivity index (χ2v) is 7.68. The van der Waals surface area contributed by atoms with Crippen molar-refractivity contribution in [2.24, 2.45) is 11.8 Å². The molecule has 0 saturated carbocycles. The Morgan fingerprint density at radius 3 is 2.28 bits per heavy atom. The maximum absolute atomic E-state index is 12.9. The van der Waals surface area contributed by atoms with Crippen LogP contribution in [0.5, 0.6) is 0 Å². The van der Waals surface area contributed by atoms with Crippen molar-refractivity contribution in [1.82, 2.24) is 0 Å². The van der Waals surface area contributed by atoms with Gasteiger partial charge in [0.15, 0.2) is 5.12 Å². The molecule has 0 radical (unpaired) electrons. The number of benzene rings is 2. The molecule has 2 aromatic carbocycles. The minimum atomic E-state index is -0.258. The van der Waals surface area contributed by atoms with Gasteiger partial charge in [0.1, 0.15) is 0 Å². The molecule has 1 fully saturated rings. The molecule has 1 aliphatic rings. The molecule has 2 aromatic rings. The van der Waals surface area contributed by atoms with Crippen LogP contribution >= 0.6 is 11.8 Å². The molecular weight excluding hydrogens is 330 g/mol. The van der Waals surface area contributed by atoms with Gasteiger partial charge in [0, 0.05) is 12.1 Å². The summed E-state index contributed by atoms with van der Waals surface area (Å²) in [5.41, 5.74) is 1.87. The molecular formula is C21H23NO2S. The quantitative estimate of drug-likeness (QED) is 0.800. The number of rotatable bonds is 4. The number of anilines is 1. The van der Waals surface area contributed by atoms with Crippen LogP contribution in [0.25, 0.3) is 0 Å². The molecule has 0 aromatic heterocycles. The lowest BCUT2D eigenvalue weighted by Crippen LogP contribution is -2.48. The first-order chi connectivity index (χ1) is 12.1. The minimum Gasteiger partial charge on any atom is -0.304 e. The lowest BCUT2D eigenvalue weighted by Gasteiger charge is -2.43. The highest BCUT2D eigenvalue weighted by Crippen LogP contribution is 2.44. The molecule has 0 N–H and O–H groups in total. The average molecular weight is 353 g/mol. The second-order valence-electron chi connectivity index (χ2n) is 6.41. The Labute approximate surface area is 153 Å². The Morgan fingerprint density at radius 1 is 1.08 bits per heavy atom. The van der Waals surface area contributed by atoms with Crippen molar-refractivity contribution >= 4 is 28.5 Å². The van der Waals surface area contributed by atoms with Crippen molar-refractivity contribution in [3.63, 3.8) is 0 Å². The fraction of sp³-hybridized carbons (Fsp3) is 0.333. The van der Waals surface area contributed by atoms with E-state index < -0.39 is 0 Å². The predicted octanol–water partition coefficient (Wildman–Crippen LogP) is 4.70. The van der Waals surface area contributed by atoms with Crippen LogP contribution in [0.15, 0.2) is 60.7 Å². The third kappa shape index (κ3) is 3.64. The Bertz CT molecular complexity index is 732. The number of para-hydroxylation sites is 1. The molecule has 1 amide bonds. The normalized spacial score (nSPS) is 23.5. The van der Waals surface area contributed by atoms with Gasteiger partial charge in [-0.2, -0.15) is 0 Å². The van der Waals surface area contributed by atoms with E-state index in [0.29, 0.717) is 6.42 Å². The summed E-state index contributed by atoms with van der Waals surface area (Å²) in [7, 11) is 0. The Balaban J connectivity index is 2.11. The van der Waals surface area contributed by atoms with E-state index in [4.69, 9.17) is 0 Å². The first kappa shape index (κ1) is 17.7. The minimum absolute atomic E-state index is 0.0317. The highest BCUT2D eigenvalue weighted by molar-refractivity contribution is 8.13. The summed E-state index contributed by atoms with van der Waals surface area (Å²) in [4.78, 5) is 27.7. The summed E-state index contributed by atoms with van der Waals surface area (Å²) >= 11 is 1.36. The van der Waals surface area contributed by atoms with Gasteiger partial charge in [-0.15, -0.1) is 0 Å². The summed E-state index contributed by atoms with van der Waals surface area (Å²) in [6.07, 6.45) is 0.402. The van der Waals surface area contributed by atoms with Crippen LogP contribution < -0.4 is 4.90 Å². The SMILES string of the molecule is CCSC(=O)[C@H]1[C@H](C)CC(=O)N(c2ccccc2)[C@@H]1c1ccccc1. The number of piperidine rings is 1. The van der Waals surface area contributed by atoms with Crippen LogP contribution in [0.4, 0.5) is 5.69 Å². The van der Waals surface area contributed by atoms with Crippen molar-refractivity contribution in [3.8, 4) is 0 Å². The third-order valence-electron chi connectivity index (χ3n) is 4.73. The highest BCUT2D eigenvalue weighted by atomic mass is 32.2. The van der Waals surface area contributed by atoms with Gasteiger partial charge in [0.05, 0.1) is 12.0 Å². The summed E-state index contributed by atoms with van der Waals surface area (Å²) < 4.78 is 0. The van der Waals surface area contributed by atoms with Crippen molar-refractivity contribution in [3.05, 3.63) is 66.2 Å². The number of nitrogens with zero attached hydrogens (tertiary/aromatic N) is 1. The first-order valence-corrected chi connectivity index (χ1v) is 9.70. The monoisotopic (exact) mass is 353 g/mol. The van der Waals surface area contributed by atoms with Crippen molar-refractivity contribution in [2.45, 2.75) is 26.3 Å². The molecule has 1 saturated heterocycles. The van der Waals surface area contributed by atoms with E-state index in [9.17, 15) is 9.59 Å². The largest absolute Gasteiger partial charge is 0.304 e. The number of hydrogen-bond donors (Lipinski definition) is 0. The number of hydrogen-bond acceptors (Lipinski definition) is 3. The van der Waals surface area contributed by atoms with Crippen LogP contribution in [-0.2, 0) is 9.59 Å². The molecule has 1 heterocycles. The van der Waals surface area contributed by atoms with E-state index in [1.807, 2.05) is 79.4 Å².